The first-order chi connectivity index (χ1) is 9.86. The minimum atomic E-state index is 0.728. The monoisotopic (exact) mass is 290 g/mol. The molecule has 3 rings (SSSR count). The molecule has 20 heavy (non-hydrogen) atoms. The molecule has 0 unspecified atom stereocenters. The summed E-state index contributed by atoms with van der Waals surface area (Å²) in [6.45, 7) is 3.92. The van der Waals surface area contributed by atoms with E-state index >= 15 is 0 Å². The zero-order valence-electron chi connectivity index (χ0n) is 12.0. The fourth-order valence-electron chi connectivity index (χ4n) is 2.92. The van der Waals surface area contributed by atoms with Gasteiger partial charge < -0.3 is 10.6 Å². The van der Waals surface area contributed by atoms with Crippen molar-refractivity contribution < 1.29 is 0 Å². The number of thiophene rings is 1. The Hall–Kier alpha value is -1.36. The second-order valence-corrected chi connectivity index (χ2v) is 6.33. The normalized spacial score (nSPS) is 15.8. The third kappa shape index (κ3) is 3.03. The molecule has 0 aromatic carbocycles. The minimum absolute atomic E-state index is 0.728. The molecule has 2 aromatic rings. The van der Waals surface area contributed by atoms with E-state index in [-0.39, 0.29) is 0 Å². The number of aromatic nitrogens is 2. The number of hydrogen-bond acceptors (Lipinski definition) is 5. The lowest BCUT2D eigenvalue weighted by molar-refractivity contribution is 0.518. The van der Waals surface area contributed by atoms with Crippen molar-refractivity contribution in [2.45, 2.75) is 39.0 Å². The lowest BCUT2D eigenvalue weighted by Gasteiger charge is -2.12. The predicted molar refractivity (Wildman–Crippen MR) is 86.6 cm³/mol. The molecule has 2 N–H and O–H groups in total. The van der Waals surface area contributed by atoms with Crippen LogP contribution in [0.3, 0.4) is 0 Å². The molecule has 0 aliphatic heterocycles. The predicted octanol–water partition coefficient (Wildman–Crippen LogP) is 4.12. The van der Waals surface area contributed by atoms with E-state index in [2.05, 4.69) is 39.0 Å². The fraction of sp³-hybridized carbons (Fsp3) is 0.600. The molecule has 4 nitrogen and oxygen atoms in total. The summed E-state index contributed by atoms with van der Waals surface area (Å²) in [6, 6.07) is 2.10. The number of fused-ring (bicyclic) bond motifs is 1. The van der Waals surface area contributed by atoms with Crippen LogP contribution in [-0.4, -0.2) is 23.1 Å². The van der Waals surface area contributed by atoms with Crippen LogP contribution in [0.15, 0.2) is 11.4 Å². The van der Waals surface area contributed by atoms with Crippen LogP contribution in [0.2, 0.25) is 0 Å². The van der Waals surface area contributed by atoms with Crippen LogP contribution in [0.5, 0.6) is 0 Å². The summed E-state index contributed by atoms with van der Waals surface area (Å²) in [5.41, 5.74) is 0. The molecule has 1 fully saturated rings. The molecular formula is C15H22N4S. The van der Waals surface area contributed by atoms with Crippen LogP contribution in [0.1, 0.15) is 39.0 Å². The average Bonchev–Trinajstić information content (AvgIpc) is 3.09. The number of nitrogens with zero attached hydrogens (tertiary/aromatic N) is 2. The molecule has 1 aliphatic carbocycles. The molecule has 0 bridgehead atoms. The maximum Gasteiger partial charge on any atom is 0.226 e. The van der Waals surface area contributed by atoms with E-state index in [1.807, 2.05) is 0 Å². The summed E-state index contributed by atoms with van der Waals surface area (Å²) >= 11 is 1.67. The van der Waals surface area contributed by atoms with Crippen LogP contribution in [-0.2, 0) is 0 Å². The standard InChI is InChI=1S/C15H22N4S/c1-2-16-15-18-13(12-8-10-20-14(12)19-15)17-9-7-11-5-3-4-6-11/h8,10-11H,2-7,9H2,1H3,(H2,16,17,18,19). The Morgan fingerprint density at radius 1 is 1.25 bits per heavy atom. The van der Waals surface area contributed by atoms with Gasteiger partial charge in [0.05, 0.1) is 5.39 Å². The average molecular weight is 290 g/mol. The second kappa shape index (κ2) is 6.39. The lowest BCUT2D eigenvalue weighted by Crippen LogP contribution is -2.10. The van der Waals surface area contributed by atoms with E-state index in [4.69, 9.17) is 0 Å². The molecule has 0 radical (unpaired) electrons. The van der Waals surface area contributed by atoms with Crippen molar-refractivity contribution in [1.29, 1.82) is 0 Å². The highest BCUT2D eigenvalue weighted by molar-refractivity contribution is 7.16. The van der Waals surface area contributed by atoms with Gasteiger partial charge in [0, 0.05) is 13.1 Å². The summed E-state index contributed by atoms with van der Waals surface area (Å²) in [7, 11) is 0. The van der Waals surface area contributed by atoms with Crippen molar-refractivity contribution in [2.24, 2.45) is 5.92 Å². The van der Waals surface area contributed by atoms with Crippen molar-refractivity contribution in [3.63, 3.8) is 0 Å². The van der Waals surface area contributed by atoms with Crippen LogP contribution < -0.4 is 10.6 Å². The van der Waals surface area contributed by atoms with Crippen molar-refractivity contribution in [1.82, 2.24) is 9.97 Å². The third-order valence-corrected chi connectivity index (χ3v) is 4.79. The highest BCUT2D eigenvalue weighted by Crippen LogP contribution is 2.29. The van der Waals surface area contributed by atoms with Crippen molar-refractivity contribution in [3.8, 4) is 0 Å². The molecule has 0 saturated heterocycles. The first kappa shape index (κ1) is 13.6. The highest BCUT2D eigenvalue weighted by Gasteiger charge is 2.15. The summed E-state index contributed by atoms with van der Waals surface area (Å²) in [4.78, 5) is 10.2. The Kier molecular flexibility index (Phi) is 4.35. The van der Waals surface area contributed by atoms with Crippen LogP contribution >= 0.6 is 11.3 Å². The van der Waals surface area contributed by atoms with Crippen molar-refractivity contribution in [3.05, 3.63) is 11.4 Å². The maximum absolute atomic E-state index is 4.60. The Morgan fingerprint density at radius 3 is 2.90 bits per heavy atom. The number of hydrogen-bond donors (Lipinski definition) is 2. The first-order valence-corrected chi connectivity index (χ1v) is 8.47. The highest BCUT2D eigenvalue weighted by atomic mass is 32.1. The van der Waals surface area contributed by atoms with E-state index in [9.17, 15) is 0 Å². The summed E-state index contributed by atoms with van der Waals surface area (Å²) in [5.74, 6) is 2.62. The SMILES string of the molecule is CCNc1nc(NCCC2CCCC2)c2ccsc2n1. The topological polar surface area (TPSA) is 49.8 Å². The summed E-state index contributed by atoms with van der Waals surface area (Å²) in [6.07, 6.45) is 6.89. The largest absolute Gasteiger partial charge is 0.369 e. The number of nitrogens with one attached hydrogen (secondary N) is 2. The fourth-order valence-corrected chi connectivity index (χ4v) is 3.68. The van der Waals surface area contributed by atoms with Gasteiger partial charge in [-0.1, -0.05) is 25.7 Å². The number of anilines is 2. The smallest absolute Gasteiger partial charge is 0.226 e. The Morgan fingerprint density at radius 2 is 2.10 bits per heavy atom. The molecule has 5 heteroatoms. The van der Waals surface area contributed by atoms with E-state index in [0.29, 0.717) is 0 Å². The van der Waals surface area contributed by atoms with Gasteiger partial charge in [-0.05, 0) is 30.7 Å². The minimum Gasteiger partial charge on any atom is -0.369 e. The van der Waals surface area contributed by atoms with Gasteiger partial charge in [0.25, 0.3) is 0 Å². The Bertz CT molecular complexity index is 560. The Labute approximate surface area is 124 Å². The molecule has 2 aromatic heterocycles. The maximum atomic E-state index is 4.60. The van der Waals surface area contributed by atoms with Crippen LogP contribution in [0.4, 0.5) is 11.8 Å². The quantitative estimate of drug-likeness (QED) is 0.840. The molecule has 2 heterocycles. The van der Waals surface area contributed by atoms with Crippen LogP contribution in [0, 0.1) is 5.92 Å². The lowest BCUT2D eigenvalue weighted by atomic mass is 10.0. The van der Waals surface area contributed by atoms with E-state index in [0.717, 1.165) is 41.0 Å². The van der Waals surface area contributed by atoms with Crippen molar-refractivity contribution in [2.75, 3.05) is 23.7 Å². The first-order valence-electron chi connectivity index (χ1n) is 7.60. The zero-order valence-corrected chi connectivity index (χ0v) is 12.8. The van der Waals surface area contributed by atoms with Gasteiger partial charge >= 0.3 is 0 Å². The number of rotatable bonds is 6. The van der Waals surface area contributed by atoms with Gasteiger partial charge in [-0.25, -0.2) is 4.98 Å². The van der Waals surface area contributed by atoms with Gasteiger partial charge in [0.15, 0.2) is 0 Å². The zero-order chi connectivity index (χ0) is 13.8. The molecule has 0 atom stereocenters. The third-order valence-electron chi connectivity index (χ3n) is 3.98. The van der Waals surface area contributed by atoms with Gasteiger partial charge in [-0.2, -0.15) is 4.98 Å². The Balaban J connectivity index is 1.69. The van der Waals surface area contributed by atoms with Gasteiger partial charge in [-0.3, -0.25) is 0 Å². The molecule has 1 saturated carbocycles. The van der Waals surface area contributed by atoms with Gasteiger partial charge in [0.2, 0.25) is 5.95 Å². The van der Waals surface area contributed by atoms with E-state index in [1.165, 1.54) is 32.1 Å². The van der Waals surface area contributed by atoms with E-state index in [1.54, 1.807) is 11.3 Å². The van der Waals surface area contributed by atoms with Crippen molar-refractivity contribution >= 4 is 33.3 Å². The second-order valence-electron chi connectivity index (χ2n) is 5.43. The molecule has 108 valence electrons. The molecular weight excluding hydrogens is 268 g/mol. The van der Waals surface area contributed by atoms with Gasteiger partial charge in [-0.15, -0.1) is 11.3 Å². The molecule has 0 amide bonds. The van der Waals surface area contributed by atoms with Gasteiger partial charge in [0.1, 0.15) is 10.6 Å². The molecule has 1 aliphatic rings. The molecule has 0 spiro atoms. The summed E-state index contributed by atoms with van der Waals surface area (Å²) < 4.78 is 0. The summed E-state index contributed by atoms with van der Waals surface area (Å²) in [5, 5.41) is 9.94. The van der Waals surface area contributed by atoms with E-state index < -0.39 is 0 Å². The van der Waals surface area contributed by atoms with Crippen LogP contribution in [0.25, 0.3) is 10.2 Å².